The van der Waals surface area contributed by atoms with Crippen LogP contribution in [0.1, 0.15) is 5.56 Å². The molecule has 7 nitrogen and oxygen atoms in total. The van der Waals surface area contributed by atoms with Gasteiger partial charge < -0.3 is 15.0 Å². The van der Waals surface area contributed by atoms with Crippen molar-refractivity contribution >= 4 is 53.5 Å². The van der Waals surface area contributed by atoms with Gasteiger partial charge in [-0.05, 0) is 42.0 Å². The molecule has 172 valence electrons. The van der Waals surface area contributed by atoms with Gasteiger partial charge in [0.15, 0.2) is 11.6 Å². The maximum absolute atomic E-state index is 14.5. The number of carbonyl (C=O) groups is 2. The van der Waals surface area contributed by atoms with Gasteiger partial charge in [-0.1, -0.05) is 12.1 Å². The van der Waals surface area contributed by atoms with Gasteiger partial charge >= 0.3 is 6.03 Å². The number of pyridine rings is 1. The molecule has 11 heteroatoms. The van der Waals surface area contributed by atoms with Crippen LogP contribution < -0.4 is 15.4 Å². The van der Waals surface area contributed by atoms with E-state index < -0.39 is 23.6 Å². The molecule has 2 aromatic carbocycles. The van der Waals surface area contributed by atoms with Gasteiger partial charge in [0.1, 0.15) is 17.2 Å². The fourth-order valence-corrected chi connectivity index (χ4v) is 2.93. The van der Waals surface area contributed by atoms with E-state index in [9.17, 15) is 18.4 Å². The number of aromatic nitrogens is 2. The number of carbonyl (C=O) groups excluding carboxylic acids is 2. The molecular formula is C22H18Cl2F2N4O3. The first-order valence-electron chi connectivity index (χ1n) is 9.23. The van der Waals surface area contributed by atoms with Crippen LogP contribution in [-0.4, -0.2) is 21.9 Å². The Morgan fingerprint density at radius 3 is 2.45 bits per heavy atom. The molecule has 0 saturated carbocycles. The highest BCUT2D eigenvalue weighted by atomic mass is 35.5. The van der Waals surface area contributed by atoms with Crippen molar-refractivity contribution in [3.8, 4) is 11.5 Å². The Kier molecular flexibility index (Phi) is 8.72. The quantitative estimate of drug-likeness (QED) is 0.347. The predicted molar refractivity (Wildman–Crippen MR) is 124 cm³/mol. The molecule has 0 aliphatic heterocycles. The molecule has 33 heavy (non-hydrogen) atoms. The van der Waals surface area contributed by atoms with Crippen LogP contribution in [0.25, 0.3) is 11.0 Å². The maximum atomic E-state index is 14.5. The van der Waals surface area contributed by atoms with Gasteiger partial charge in [0.2, 0.25) is 5.91 Å². The van der Waals surface area contributed by atoms with Gasteiger partial charge in [-0.25, -0.2) is 18.6 Å². The van der Waals surface area contributed by atoms with Gasteiger partial charge in [0.25, 0.3) is 0 Å². The smallest absolute Gasteiger partial charge is 0.325 e. The third-order valence-electron chi connectivity index (χ3n) is 4.36. The lowest BCUT2D eigenvalue weighted by Gasteiger charge is -2.10. The zero-order chi connectivity index (χ0) is 21.8. The second-order valence-corrected chi connectivity index (χ2v) is 6.60. The van der Waals surface area contributed by atoms with E-state index in [1.54, 1.807) is 18.3 Å². The number of aromatic amines is 1. The molecule has 3 amide bonds. The van der Waals surface area contributed by atoms with Crippen LogP contribution in [0.15, 0.2) is 67.0 Å². The van der Waals surface area contributed by atoms with Crippen LogP contribution in [-0.2, 0) is 11.2 Å². The summed E-state index contributed by atoms with van der Waals surface area (Å²) >= 11 is 0. The van der Waals surface area contributed by atoms with E-state index in [2.05, 4.69) is 20.6 Å². The first-order valence-corrected chi connectivity index (χ1v) is 9.23. The van der Waals surface area contributed by atoms with Crippen LogP contribution in [0.2, 0.25) is 0 Å². The monoisotopic (exact) mass is 494 g/mol. The van der Waals surface area contributed by atoms with Crippen LogP contribution in [0, 0.1) is 11.6 Å². The minimum absolute atomic E-state index is 0. The first-order chi connectivity index (χ1) is 15.0. The van der Waals surface area contributed by atoms with Crippen LogP contribution in [0.3, 0.4) is 0 Å². The molecule has 0 spiro atoms. The van der Waals surface area contributed by atoms with Crippen molar-refractivity contribution in [3.63, 3.8) is 0 Å². The van der Waals surface area contributed by atoms with Crippen LogP contribution in [0.5, 0.6) is 11.5 Å². The topological polar surface area (TPSA) is 96.1 Å². The normalized spacial score (nSPS) is 10.0. The maximum Gasteiger partial charge on any atom is 0.325 e. The molecular weight excluding hydrogens is 477 g/mol. The number of halogens is 4. The van der Waals surface area contributed by atoms with Crippen molar-refractivity contribution in [2.75, 3.05) is 5.32 Å². The number of imide groups is 1. The van der Waals surface area contributed by atoms with E-state index >= 15 is 0 Å². The van der Waals surface area contributed by atoms with Crippen LogP contribution >= 0.6 is 24.8 Å². The molecule has 0 unspecified atom stereocenters. The molecule has 2 aromatic heterocycles. The van der Waals surface area contributed by atoms with E-state index in [0.717, 1.165) is 6.07 Å². The molecule has 0 bridgehead atoms. The van der Waals surface area contributed by atoms with E-state index in [1.165, 1.54) is 42.6 Å². The number of H-pyrrole nitrogens is 1. The molecule has 2 heterocycles. The number of hydrogen-bond donors (Lipinski definition) is 3. The zero-order valence-corrected chi connectivity index (χ0v) is 18.4. The van der Waals surface area contributed by atoms with Gasteiger partial charge in [0, 0.05) is 24.1 Å². The largest absolute Gasteiger partial charge is 0.453 e. The number of fused-ring (bicyclic) bond motifs is 1. The van der Waals surface area contributed by atoms with Crippen molar-refractivity contribution in [1.29, 1.82) is 0 Å². The van der Waals surface area contributed by atoms with Crippen LogP contribution in [0.4, 0.5) is 19.3 Å². The van der Waals surface area contributed by atoms with Crippen molar-refractivity contribution in [1.82, 2.24) is 15.3 Å². The Morgan fingerprint density at radius 2 is 1.73 bits per heavy atom. The van der Waals surface area contributed by atoms with Crippen molar-refractivity contribution in [2.45, 2.75) is 6.42 Å². The molecule has 0 aliphatic rings. The Labute approximate surface area is 199 Å². The second-order valence-electron chi connectivity index (χ2n) is 6.60. The molecule has 4 aromatic rings. The molecule has 0 fully saturated rings. The lowest BCUT2D eigenvalue weighted by molar-refractivity contribution is -0.119. The van der Waals surface area contributed by atoms with Gasteiger partial charge in [-0.3, -0.25) is 10.1 Å². The summed E-state index contributed by atoms with van der Waals surface area (Å²) in [5, 5.41) is 5.22. The summed E-state index contributed by atoms with van der Waals surface area (Å²) in [6, 6.07) is 11.8. The minimum atomic E-state index is -0.816. The highest BCUT2D eigenvalue weighted by Gasteiger charge is 2.13. The summed E-state index contributed by atoms with van der Waals surface area (Å²) in [5.74, 6) is -1.31. The van der Waals surface area contributed by atoms with E-state index in [0.29, 0.717) is 22.3 Å². The van der Waals surface area contributed by atoms with Gasteiger partial charge in [0.05, 0.1) is 11.8 Å². The Bertz CT molecular complexity index is 1270. The lowest BCUT2D eigenvalue weighted by atomic mass is 10.1. The molecule has 4 rings (SSSR count). The molecule has 0 saturated heterocycles. The summed E-state index contributed by atoms with van der Waals surface area (Å²) in [6.45, 7) is 0. The molecule has 3 N–H and O–H groups in total. The molecule has 0 aliphatic carbocycles. The van der Waals surface area contributed by atoms with Crippen molar-refractivity contribution in [2.24, 2.45) is 0 Å². The van der Waals surface area contributed by atoms with E-state index in [1.807, 2.05) is 0 Å². The number of anilines is 1. The predicted octanol–water partition coefficient (Wildman–Crippen LogP) is 5.37. The summed E-state index contributed by atoms with van der Waals surface area (Å²) in [5.41, 5.74) is 1.29. The van der Waals surface area contributed by atoms with Crippen molar-refractivity contribution < 1.29 is 23.1 Å². The number of hydrogen-bond acceptors (Lipinski definition) is 4. The highest BCUT2D eigenvalue weighted by Crippen LogP contribution is 2.31. The molecule has 0 radical (unpaired) electrons. The number of amides is 3. The van der Waals surface area contributed by atoms with Gasteiger partial charge in [-0.15, -0.1) is 24.8 Å². The summed E-state index contributed by atoms with van der Waals surface area (Å²) in [6.07, 6.45) is 3.13. The average molecular weight is 495 g/mol. The number of nitrogens with zero attached hydrogens (tertiary/aromatic N) is 1. The first kappa shape index (κ1) is 25.6. The third-order valence-corrected chi connectivity index (χ3v) is 4.36. The highest BCUT2D eigenvalue weighted by molar-refractivity contribution is 6.01. The lowest BCUT2D eigenvalue weighted by Crippen LogP contribution is -2.35. The van der Waals surface area contributed by atoms with E-state index in [4.69, 9.17) is 4.74 Å². The number of rotatable bonds is 5. The number of ether oxygens (including phenoxy) is 1. The Balaban J connectivity index is 0.00000193. The zero-order valence-electron chi connectivity index (χ0n) is 16.8. The average Bonchev–Trinajstić information content (AvgIpc) is 3.21. The van der Waals surface area contributed by atoms with E-state index in [-0.39, 0.29) is 42.7 Å². The fraction of sp³-hybridized carbons (Fsp3) is 0.0455. The number of benzene rings is 2. The standard InChI is InChI=1S/C22H16F2N4O3.2ClH/c23-14-3-1-13(2-4-14)11-20(29)28-22(30)27-15-5-6-19(17(24)12-15)31-18-8-10-26-21-16(18)7-9-25-21;;/h1-10,12H,11H2,(H,25,26)(H2,27,28,29,30);2*1H. The van der Waals surface area contributed by atoms with Gasteiger partial charge in [-0.2, -0.15) is 0 Å². The number of nitrogens with one attached hydrogen (secondary N) is 3. The Morgan fingerprint density at radius 1 is 0.970 bits per heavy atom. The summed E-state index contributed by atoms with van der Waals surface area (Å²) in [4.78, 5) is 31.0. The second kappa shape index (κ2) is 11.3. The number of urea groups is 1. The SMILES string of the molecule is Cl.Cl.O=C(Cc1ccc(F)cc1)NC(=O)Nc1ccc(Oc2ccnc3[nH]ccc23)c(F)c1. The van der Waals surface area contributed by atoms with Crippen molar-refractivity contribution in [3.05, 3.63) is 84.2 Å². The molecule has 0 atom stereocenters. The summed E-state index contributed by atoms with van der Waals surface area (Å²) in [7, 11) is 0. The summed E-state index contributed by atoms with van der Waals surface area (Å²) < 4.78 is 33.0. The fourth-order valence-electron chi connectivity index (χ4n) is 2.93. The minimum Gasteiger partial charge on any atom is -0.453 e. The third kappa shape index (κ3) is 6.41. The Hall–Kier alpha value is -3.69.